The van der Waals surface area contributed by atoms with Crippen molar-refractivity contribution in [3.05, 3.63) is 0 Å². The Balaban J connectivity index is 1.79. The lowest BCUT2D eigenvalue weighted by Gasteiger charge is -2.28. The van der Waals surface area contributed by atoms with Crippen LogP contribution in [0.15, 0.2) is 0 Å². The molecule has 3 amide bonds. The fourth-order valence-electron chi connectivity index (χ4n) is 1.55. The minimum Gasteiger partial charge on any atom is -0.329 e. The van der Waals surface area contributed by atoms with Crippen LogP contribution in [-0.2, 0) is 4.79 Å². The van der Waals surface area contributed by atoms with Gasteiger partial charge in [0.1, 0.15) is 0 Å². The Morgan fingerprint density at radius 2 is 2.15 bits per heavy atom. The maximum Gasteiger partial charge on any atom is 0.324 e. The summed E-state index contributed by atoms with van der Waals surface area (Å²) < 4.78 is 0. The molecule has 0 radical (unpaired) electrons. The first-order valence-corrected chi connectivity index (χ1v) is 4.56. The molecule has 2 aliphatic heterocycles. The van der Waals surface area contributed by atoms with Gasteiger partial charge in [-0.1, -0.05) is 0 Å². The summed E-state index contributed by atoms with van der Waals surface area (Å²) in [4.78, 5) is 23.5. The summed E-state index contributed by atoms with van der Waals surface area (Å²) in [7, 11) is 0. The molecule has 0 aromatic heterocycles. The topological polar surface area (TPSA) is 61.4 Å². The van der Waals surface area contributed by atoms with Crippen LogP contribution in [0.4, 0.5) is 4.79 Å². The molecule has 72 valence electrons. The molecule has 2 rings (SSSR count). The Morgan fingerprint density at radius 3 is 2.62 bits per heavy atom. The van der Waals surface area contributed by atoms with Crippen LogP contribution in [0.3, 0.4) is 0 Å². The third-order valence-corrected chi connectivity index (χ3v) is 2.56. The summed E-state index contributed by atoms with van der Waals surface area (Å²) in [6.45, 7) is 2.77. The molecule has 13 heavy (non-hydrogen) atoms. The zero-order valence-corrected chi connectivity index (χ0v) is 7.38. The zero-order chi connectivity index (χ0) is 9.26. The maximum atomic E-state index is 11.1. The number of carbonyl (C=O) groups excluding carboxylic acids is 2. The molecule has 0 aromatic rings. The van der Waals surface area contributed by atoms with Gasteiger partial charge in [-0.25, -0.2) is 4.79 Å². The van der Waals surface area contributed by atoms with Crippen LogP contribution in [-0.4, -0.2) is 43.0 Å². The lowest BCUT2D eigenvalue weighted by molar-refractivity contribution is -0.125. The van der Waals surface area contributed by atoms with E-state index < -0.39 is 0 Å². The molecule has 0 aliphatic carbocycles. The average molecular weight is 183 g/mol. The second-order valence-corrected chi connectivity index (χ2v) is 3.52. The minimum absolute atomic E-state index is 0.0997. The van der Waals surface area contributed by atoms with E-state index in [1.807, 2.05) is 0 Å². The van der Waals surface area contributed by atoms with Gasteiger partial charge in [-0.2, -0.15) is 0 Å². The third-order valence-electron chi connectivity index (χ3n) is 2.56. The van der Waals surface area contributed by atoms with Gasteiger partial charge >= 0.3 is 6.03 Å². The molecule has 0 atom stereocenters. The van der Waals surface area contributed by atoms with Gasteiger partial charge in [-0.3, -0.25) is 9.69 Å². The number of imide groups is 1. The fourth-order valence-corrected chi connectivity index (χ4v) is 1.55. The van der Waals surface area contributed by atoms with E-state index in [4.69, 9.17) is 0 Å². The van der Waals surface area contributed by atoms with E-state index in [0.717, 1.165) is 19.5 Å². The Labute approximate surface area is 76.5 Å². The first-order valence-electron chi connectivity index (χ1n) is 4.56. The van der Waals surface area contributed by atoms with Crippen molar-refractivity contribution in [3.63, 3.8) is 0 Å². The van der Waals surface area contributed by atoms with Gasteiger partial charge < -0.3 is 10.6 Å². The molecule has 2 N–H and O–H groups in total. The van der Waals surface area contributed by atoms with Crippen molar-refractivity contribution in [2.75, 3.05) is 26.2 Å². The number of carbonyl (C=O) groups is 2. The van der Waals surface area contributed by atoms with E-state index in [-0.39, 0.29) is 18.5 Å². The van der Waals surface area contributed by atoms with E-state index in [9.17, 15) is 9.59 Å². The van der Waals surface area contributed by atoms with E-state index in [1.54, 1.807) is 0 Å². The first kappa shape index (κ1) is 8.50. The van der Waals surface area contributed by atoms with Crippen LogP contribution in [0.5, 0.6) is 0 Å². The van der Waals surface area contributed by atoms with Crippen molar-refractivity contribution in [1.82, 2.24) is 15.5 Å². The third kappa shape index (κ3) is 1.65. The van der Waals surface area contributed by atoms with Crippen LogP contribution in [0, 0.1) is 5.92 Å². The number of nitrogens with zero attached hydrogens (tertiary/aromatic N) is 1. The number of hydrogen-bond acceptors (Lipinski definition) is 3. The summed E-state index contributed by atoms with van der Waals surface area (Å²) in [5.74, 6) is 0.540. The summed E-state index contributed by atoms with van der Waals surface area (Å²) in [5, 5.41) is 5.66. The predicted molar refractivity (Wildman–Crippen MR) is 46.1 cm³/mol. The largest absolute Gasteiger partial charge is 0.329 e. The van der Waals surface area contributed by atoms with Crippen LogP contribution in [0.25, 0.3) is 0 Å². The highest BCUT2D eigenvalue weighted by Gasteiger charge is 2.29. The number of hydrogen-bond donors (Lipinski definition) is 2. The van der Waals surface area contributed by atoms with Crippen molar-refractivity contribution in [2.24, 2.45) is 5.92 Å². The smallest absolute Gasteiger partial charge is 0.324 e. The van der Waals surface area contributed by atoms with E-state index in [2.05, 4.69) is 10.6 Å². The first-order chi connectivity index (χ1) is 6.27. The number of rotatable bonds is 3. The van der Waals surface area contributed by atoms with Crippen molar-refractivity contribution >= 4 is 11.9 Å². The second-order valence-electron chi connectivity index (χ2n) is 3.52. The molecular formula is C8H13N3O2. The molecule has 2 heterocycles. The van der Waals surface area contributed by atoms with E-state index in [1.165, 1.54) is 4.90 Å². The van der Waals surface area contributed by atoms with Gasteiger partial charge in [-0.05, 0) is 25.4 Å². The highest BCUT2D eigenvalue weighted by molar-refractivity contribution is 6.01. The lowest BCUT2D eigenvalue weighted by Crippen LogP contribution is -2.44. The predicted octanol–water partition coefficient (Wildman–Crippen LogP) is -0.852. The molecule has 2 saturated heterocycles. The van der Waals surface area contributed by atoms with E-state index >= 15 is 0 Å². The average Bonchev–Trinajstić information content (AvgIpc) is 2.32. The zero-order valence-electron chi connectivity index (χ0n) is 7.38. The minimum atomic E-state index is -0.239. The highest BCUT2D eigenvalue weighted by Crippen LogP contribution is 2.10. The fraction of sp³-hybridized carbons (Fsp3) is 0.750. The number of urea groups is 1. The molecule has 0 unspecified atom stereocenters. The second kappa shape index (κ2) is 3.33. The van der Waals surface area contributed by atoms with Crippen molar-refractivity contribution in [1.29, 1.82) is 0 Å². The molecule has 5 heteroatoms. The molecule has 0 aromatic carbocycles. The van der Waals surface area contributed by atoms with Crippen LogP contribution >= 0.6 is 0 Å². The molecule has 5 nitrogen and oxygen atoms in total. The van der Waals surface area contributed by atoms with E-state index in [0.29, 0.717) is 12.5 Å². The number of nitrogens with one attached hydrogen (secondary N) is 2. The van der Waals surface area contributed by atoms with Gasteiger partial charge in [0, 0.05) is 6.54 Å². The van der Waals surface area contributed by atoms with Crippen molar-refractivity contribution < 1.29 is 9.59 Å². The summed E-state index contributed by atoms with van der Waals surface area (Å²) >= 11 is 0. The molecule has 0 saturated carbocycles. The van der Waals surface area contributed by atoms with Gasteiger partial charge in [0.2, 0.25) is 5.91 Å². The Kier molecular flexibility index (Phi) is 2.18. The van der Waals surface area contributed by atoms with Crippen LogP contribution in [0.2, 0.25) is 0 Å². The summed E-state index contributed by atoms with van der Waals surface area (Å²) in [5.41, 5.74) is 0. The highest BCUT2D eigenvalue weighted by atomic mass is 16.2. The Bertz CT molecular complexity index is 222. The van der Waals surface area contributed by atoms with Crippen LogP contribution < -0.4 is 10.6 Å². The van der Waals surface area contributed by atoms with Gasteiger partial charge in [-0.15, -0.1) is 0 Å². The molecule has 0 spiro atoms. The Hall–Kier alpha value is -1.10. The standard InChI is InChI=1S/C8H13N3O2/c12-7-5-10-8(13)11(7)2-1-6-3-9-4-6/h6,9H,1-5H2,(H,10,13). The lowest BCUT2D eigenvalue weighted by atomic mass is 9.99. The number of amides is 3. The maximum absolute atomic E-state index is 11.1. The van der Waals surface area contributed by atoms with Gasteiger partial charge in [0.05, 0.1) is 6.54 Å². The SMILES string of the molecule is O=C1CNC(=O)N1CCC1CNC1. The Morgan fingerprint density at radius 1 is 1.38 bits per heavy atom. The normalized spacial score (nSPS) is 23.2. The molecule has 2 aliphatic rings. The monoisotopic (exact) mass is 183 g/mol. The quantitative estimate of drug-likeness (QED) is 0.560. The van der Waals surface area contributed by atoms with Crippen molar-refractivity contribution in [3.8, 4) is 0 Å². The van der Waals surface area contributed by atoms with Crippen molar-refractivity contribution in [2.45, 2.75) is 6.42 Å². The molecular weight excluding hydrogens is 170 g/mol. The van der Waals surface area contributed by atoms with Crippen LogP contribution in [0.1, 0.15) is 6.42 Å². The van der Waals surface area contributed by atoms with Gasteiger partial charge in [0.15, 0.2) is 0 Å². The molecule has 2 fully saturated rings. The van der Waals surface area contributed by atoms with Gasteiger partial charge in [0.25, 0.3) is 0 Å². The summed E-state index contributed by atoms with van der Waals surface area (Å²) in [6.07, 6.45) is 0.923. The summed E-state index contributed by atoms with van der Waals surface area (Å²) in [6, 6.07) is -0.239. The molecule has 0 bridgehead atoms.